The van der Waals surface area contributed by atoms with Crippen LogP contribution in [-0.2, 0) is 13.1 Å². The van der Waals surface area contributed by atoms with Gasteiger partial charge in [0.25, 0.3) is 0 Å². The van der Waals surface area contributed by atoms with E-state index in [0.29, 0.717) is 0 Å². The zero-order valence-electron chi connectivity index (χ0n) is 12.0. The summed E-state index contributed by atoms with van der Waals surface area (Å²) in [6.07, 6.45) is 0. The van der Waals surface area contributed by atoms with Crippen LogP contribution in [0.4, 0.5) is 0 Å². The Bertz CT molecular complexity index is 731. The Morgan fingerprint density at radius 2 is 1.86 bits per heavy atom. The molecule has 3 rings (SSSR count). The van der Waals surface area contributed by atoms with Crippen LogP contribution in [0.5, 0.6) is 0 Å². The summed E-state index contributed by atoms with van der Waals surface area (Å²) >= 11 is 2.33. The van der Waals surface area contributed by atoms with Crippen molar-refractivity contribution in [3.8, 4) is 0 Å². The highest BCUT2D eigenvalue weighted by Crippen LogP contribution is 2.19. The molecule has 0 amide bonds. The van der Waals surface area contributed by atoms with Gasteiger partial charge in [-0.15, -0.1) is 0 Å². The molecular weight excluding hydrogens is 373 g/mol. The molecule has 2 aromatic carbocycles. The molecule has 3 nitrogen and oxygen atoms in total. The van der Waals surface area contributed by atoms with E-state index >= 15 is 0 Å². The molecule has 0 aliphatic carbocycles. The lowest BCUT2D eigenvalue weighted by molar-refractivity contribution is 0.657. The number of benzene rings is 2. The van der Waals surface area contributed by atoms with Gasteiger partial charge >= 0.3 is 0 Å². The fourth-order valence-corrected chi connectivity index (χ4v) is 2.81. The van der Waals surface area contributed by atoms with E-state index in [2.05, 4.69) is 88.0 Å². The molecule has 108 valence electrons. The van der Waals surface area contributed by atoms with Gasteiger partial charge in [-0.3, -0.25) is 4.68 Å². The van der Waals surface area contributed by atoms with Crippen molar-refractivity contribution >= 4 is 33.5 Å². The van der Waals surface area contributed by atoms with E-state index in [1.165, 1.54) is 20.0 Å². The molecule has 0 aliphatic heterocycles. The second-order valence-corrected chi connectivity index (χ2v) is 6.27. The first kappa shape index (κ1) is 14.5. The van der Waals surface area contributed by atoms with Gasteiger partial charge in [-0.1, -0.05) is 37.3 Å². The number of para-hydroxylation sites is 1. The first-order valence-electron chi connectivity index (χ1n) is 7.17. The molecule has 0 aliphatic rings. The Labute approximate surface area is 138 Å². The summed E-state index contributed by atoms with van der Waals surface area (Å²) in [7, 11) is 0. The number of hydrogen-bond donors (Lipinski definition) is 1. The number of fused-ring (bicyclic) bond motifs is 1. The molecule has 0 unspecified atom stereocenters. The summed E-state index contributed by atoms with van der Waals surface area (Å²) in [5.74, 6) is 0. The van der Waals surface area contributed by atoms with Crippen LogP contribution in [0.1, 0.15) is 18.2 Å². The van der Waals surface area contributed by atoms with Gasteiger partial charge in [-0.05, 0) is 52.9 Å². The maximum Gasteiger partial charge on any atom is 0.0841 e. The Hall–Kier alpha value is -1.40. The number of halogens is 1. The van der Waals surface area contributed by atoms with Crippen LogP contribution in [-0.4, -0.2) is 16.3 Å². The minimum atomic E-state index is 0.809. The second-order valence-electron chi connectivity index (χ2n) is 5.03. The van der Waals surface area contributed by atoms with Gasteiger partial charge < -0.3 is 5.32 Å². The molecule has 0 bridgehead atoms. The highest BCUT2D eigenvalue weighted by Gasteiger charge is 2.09. The molecule has 1 aromatic heterocycles. The lowest BCUT2D eigenvalue weighted by atomic mass is 10.2. The minimum Gasteiger partial charge on any atom is -0.311 e. The van der Waals surface area contributed by atoms with Gasteiger partial charge in [-0.2, -0.15) is 5.10 Å². The van der Waals surface area contributed by atoms with E-state index in [-0.39, 0.29) is 0 Å². The van der Waals surface area contributed by atoms with Crippen molar-refractivity contribution in [2.45, 2.75) is 20.0 Å². The Kier molecular flexibility index (Phi) is 4.55. The van der Waals surface area contributed by atoms with Crippen LogP contribution in [0, 0.1) is 3.57 Å². The molecule has 0 saturated heterocycles. The molecular formula is C17H18IN3. The zero-order chi connectivity index (χ0) is 14.7. The minimum absolute atomic E-state index is 0.809. The zero-order valence-corrected chi connectivity index (χ0v) is 14.2. The molecule has 4 heteroatoms. The Balaban J connectivity index is 1.96. The number of aromatic nitrogens is 2. The lowest BCUT2D eigenvalue weighted by Gasteiger charge is -2.04. The summed E-state index contributed by atoms with van der Waals surface area (Å²) in [5, 5.41) is 9.40. The molecule has 0 radical (unpaired) electrons. The van der Waals surface area contributed by atoms with Crippen LogP contribution in [0.25, 0.3) is 10.9 Å². The van der Waals surface area contributed by atoms with Gasteiger partial charge in [0.15, 0.2) is 0 Å². The fraction of sp³-hybridized carbons (Fsp3) is 0.235. The normalized spacial score (nSPS) is 11.1. The highest BCUT2D eigenvalue weighted by atomic mass is 127. The maximum atomic E-state index is 4.80. The fourth-order valence-electron chi connectivity index (χ4n) is 2.45. The van der Waals surface area contributed by atoms with Crippen LogP contribution in [0.2, 0.25) is 0 Å². The van der Waals surface area contributed by atoms with E-state index < -0.39 is 0 Å². The average Bonchev–Trinajstić information content (AvgIpc) is 2.86. The number of rotatable bonds is 5. The van der Waals surface area contributed by atoms with Crippen molar-refractivity contribution in [1.82, 2.24) is 15.1 Å². The van der Waals surface area contributed by atoms with E-state index in [0.717, 1.165) is 25.3 Å². The monoisotopic (exact) mass is 391 g/mol. The van der Waals surface area contributed by atoms with Crippen molar-refractivity contribution in [3.63, 3.8) is 0 Å². The van der Waals surface area contributed by atoms with Crippen molar-refractivity contribution in [2.24, 2.45) is 0 Å². The number of nitrogens with one attached hydrogen (secondary N) is 1. The largest absolute Gasteiger partial charge is 0.311 e. The van der Waals surface area contributed by atoms with E-state index in [4.69, 9.17) is 5.10 Å². The van der Waals surface area contributed by atoms with Gasteiger partial charge in [0, 0.05) is 15.5 Å². The molecule has 0 spiro atoms. The molecule has 0 atom stereocenters. The van der Waals surface area contributed by atoms with Gasteiger partial charge in [-0.25, -0.2) is 0 Å². The van der Waals surface area contributed by atoms with Gasteiger partial charge in [0.2, 0.25) is 0 Å². The van der Waals surface area contributed by atoms with Crippen molar-refractivity contribution in [2.75, 3.05) is 6.54 Å². The summed E-state index contributed by atoms with van der Waals surface area (Å²) < 4.78 is 3.36. The molecule has 3 aromatic rings. The van der Waals surface area contributed by atoms with Crippen LogP contribution in [0.3, 0.4) is 0 Å². The molecule has 1 heterocycles. The lowest BCUT2D eigenvalue weighted by Crippen LogP contribution is -2.13. The van der Waals surface area contributed by atoms with Gasteiger partial charge in [0.1, 0.15) is 0 Å². The second kappa shape index (κ2) is 6.58. The van der Waals surface area contributed by atoms with E-state index in [1.54, 1.807) is 0 Å². The van der Waals surface area contributed by atoms with Crippen molar-refractivity contribution < 1.29 is 0 Å². The van der Waals surface area contributed by atoms with Gasteiger partial charge in [0.05, 0.1) is 17.8 Å². The predicted octanol–water partition coefficient (Wildman–Crippen LogP) is 3.80. The van der Waals surface area contributed by atoms with E-state index in [1.807, 2.05) is 0 Å². The number of hydrogen-bond acceptors (Lipinski definition) is 2. The maximum absolute atomic E-state index is 4.80. The average molecular weight is 391 g/mol. The van der Waals surface area contributed by atoms with E-state index in [9.17, 15) is 0 Å². The predicted molar refractivity (Wildman–Crippen MR) is 95.4 cm³/mol. The smallest absolute Gasteiger partial charge is 0.0841 e. The number of nitrogens with zero attached hydrogens (tertiary/aromatic N) is 2. The quantitative estimate of drug-likeness (QED) is 0.671. The Morgan fingerprint density at radius 1 is 1.10 bits per heavy atom. The molecule has 0 saturated carbocycles. The molecule has 21 heavy (non-hydrogen) atoms. The standard InChI is InChI=1S/C17H18IN3/c1-2-19-11-16-15-5-3-4-6-17(15)21(20-16)12-13-7-9-14(18)10-8-13/h3-10,19H,2,11-12H2,1H3. The summed E-state index contributed by atoms with van der Waals surface area (Å²) in [6.45, 7) is 4.70. The van der Waals surface area contributed by atoms with Crippen LogP contribution < -0.4 is 5.32 Å². The van der Waals surface area contributed by atoms with Crippen molar-refractivity contribution in [1.29, 1.82) is 0 Å². The van der Waals surface area contributed by atoms with Crippen LogP contribution >= 0.6 is 22.6 Å². The Morgan fingerprint density at radius 3 is 2.62 bits per heavy atom. The SMILES string of the molecule is CCNCc1nn(Cc2ccc(I)cc2)c2ccccc12. The van der Waals surface area contributed by atoms with Crippen molar-refractivity contribution in [3.05, 3.63) is 63.4 Å². The van der Waals surface area contributed by atoms with Crippen LogP contribution in [0.15, 0.2) is 48.5 Å². The third-order valence-corrected chi connectivity index (χ3v) is 4.24. The topological polar surface area (TPSA) is 29.9 Å². The first-order valence-corrected chi connectivity index (χ1v) is 8.25. The summed E-state index contributed by atoms with van der Waals surface area (Å²) in [6, 6.07) is 17.1. The first-order chi connectivity index (χ1) is 10.3. The molecule has 1 N–H and O–H groups in total. The molecule has 0 fully saturated rings. The summed E-state index contributed by atoms with van der Waals surface area (Å²) in [4.78, 5) is 0. The highest BCUT2D eigenvalue weighted by molar-refractivity contribution is 14.1. The third kappa shape index (κ3) is 3.27. The summed E-state index contributed by atoms with van der Waals surface area (Å²) in [5.41, 5.74) is 3.60. The third-order valence-electron chi connectivity index (χ3n) is 3.52.